The summed E-state index contributed by atoms with van der Waals surface area (Å²) in [6.07, 6.45) is 0. The Kier molecular flexibility index (Phi) is 3.60. The Morgan fingerprint density at radius 3 is 2.67 bits per heavy atom. The van der Waals surface area contributed by atoms with Gasteiger partial charge in [-0.3, -0.25) is 5.01 Å². The highest BCUT2D eigenvalue weighted by Crippen LogP contribution is 2.17. The Morgan fingerprint density at radius 2 is 2.08 bits per heavy atom. The van der Waals surface area contributed by atoms with Gasteiger partial charge >= 0.3 is 0 Å². The normalized spacial score (nSPS) is 9.42. The molecule has 3 nitrogen and oxygen atoms in total. The fraction of sp³-hybridized carbons (Fsp3) is 0.250. The molecule has 0 aromatic heterocycles. The van der Waals surface area contributed by atoms with Crippen molar-refractivity contribution in [3.05, 3.63) is 35.2 Å². The van der Waals surface area contributed by atoms with E-state index in [0.29, 0.717) is 5.88 Å². The van der Waals surface area contributed by atoms with Crippen LogP contribution < -0.4 is 0 Å². The number of hydrogen-bond acceptors (Lipinski definition) is 3. The van der Waals surface area contributed by atoms with Gasteiger partial charge in [-0.25, -0.2) is 0 Å². The van der Waals surface area contributed by atoms with Gasteiger partial charge in [-0.15, -0.1) is 16.7 Å². The van der Waals surface area contributed by atoms with Crippen molar-refractivity contribution in [3.63, 3.8) is 0 Å². The Bertz CT molecular complexity index is 240. The van der Waals surface area contributed by atoms with Gasteiger partial charge in [-0.2, -0.15) is 0 Å². The van der Waals surface area contributed by atoms with E-state index in [1.807, 2.05) is 30.3 Å². The quantitative estimate of drug-likeness (QED) is 0.310. The molecule has 0 spiro atoms. The zero-order valence-electron chi connectivity index (χ0n) is 6.80. The van der Waals surface area contributed by atoms with Crippen molar-refractivity contribution in [2.75, 3.05) is 12.9 Å². The molecule has 0 radical (unpaired) electrons. The van der Waals surface area contributed by atoms with Crippen LogP contribution in [-0.2, 0) is 0 Å². The second-order valence-corrected chi connectivity index (χ2v) is 3.34. The Labute approximate surface area is 75.7 Å². The van der Waals surface area contributed by atoms with Crippen molar-refractivity contribution in [1.29, 1.82) is 0 Å². The predicted molar refractivity (Wildman–Crippen MR) is 50.7 cm³/mol. The van der Waals surface area contributed by atoms with Crippen LogP contribution in [-0.4, -0.2) is 17.9 Å². The zero-order valence-corrected chi connectivity index (χ0v) is 7.62. The minimum absolute atomic E-state index is 0.591. The molecule has 64 valence electrons. The lowest BCUT2D eigenvalue weighted by Crippen LogP contribution is -2.07. The summed E-state index contributed by atoms with van der Waals surface area (Å²) in [7, 11) is 1.66. The summed E-state index contributed by atoms with van der Waals surface area (Å²) in [4.78, 5) is 11.1. The van der Waals surface area contributed by atoms with E-state index in [9.17, 15) is 4.91 Å². The third kappa shape index (κ3) is 2.92. The Morgan fingerprint density at radius 1 is 1.42 bits per heavy atom. The average molecular weight is 182 g/mol. The van der Waals surface area contributed by atoms with Crippen molar-refractivity contribution in [2.45, 2.75) is 4.90 Å². The first-order valence-electron chi connectivity index (χ1n) is 3.55. The van der Waals surface area contributed by atoms with Gasteiger partial charge in [0.05, 0.1) is 11.2 Å². The molecule has 0 bridgehead atoms. The summed E-state index contributed by atoms with van der Waals surface area (Å²) < 4.78 is 0. The fourth-order valence-electron chi connectivity index (χ4n) is 0.708. The van der Waals surface area contributed by atoms with Gasteiger partial charge in [0.15, 0.2) is 0 Å². The lowest BCUT2D eigenvalue weighted by Gasteiger charge is -2.06. The highest BCUT2D eigenvalue weighted by molar-refractivity contribution is 7.99. The number of thioether (sulfide) groups is 1. The molecule has 0 aliphatic rings. The third-order valence-electron chi connectivity index (χ3n) is 1.30. The topological polar surface area (TPSA) is 32.7 Å². The van der Waals surface area contributed by atoms with E-state index in [-0.39, 0.29) is 0 Å². The van der Waals surface area contributed by atoms with Crippen LogP contribution in [0.4, 0.5) is 0 Å². The molecule has 1 aromatic carbocycles. The molecule has 0 amide bonds. The zero-order chi connectivity index (χ0) is 8.81. The SMILES string of the molecule is CN(CSc1ccccc1)N=O. The first-order chi connectivity index (χ1) is 5.83. The molecule has 0 heterocycles. The van der Waals surface area contributed by atoms with E-state index in [1.165, 1.54) is 5.01 Å². The molecule has 1 aromatic rings. The molecule has 0 fully saturated rings. The van der Waals surface area contributed by atoms with Crippen molar-refractivity contribution in [2.24, 2.45) is 5.29 Å². The molecule has 0 saturated carbocycles. The maximum absolute atomic E-state index is 9.99. The van der Waals surface area contributed by atoms with Gasteiger partial charge < -0.3 is 0 Å². The first-order valence-corrected chi connectivity index (χ1v) is 4.54. The smallest absolute Gasteiger partial charge is 0.0889 e. The largest absolute Gasteiger partial charge is 0.254 e. The summed E-state index contributed by atoms with van der Waals surface area (Å²) in [5, 5.41) is 4.12. The van der Waals surface area contributed by atoms with E-state index >= 15 is 0 Å². The van der Waals surface area contributed by atoms with E-state index in [2.05, 4.69) is 5.29 Å². The van der Waals surface area contributed by atoms with Gasteiger partial charge in [0, 0.05) is 11.9 Å². The standard InChI is InChI=1S/C8H10N2OS/c1-10(9-11)7-12-8-5-3-2-4-6-8/h2-6H,7H2,1H3. The van der Waals surface area contributed by atoms with Crippen LogP contribution >= 0.6 is 11.8 Å². The minimum Gasteiger partial charge on any atom is -0.254 e. The first kappa shape index (κ1) is 9.06. The number of rotatable bonds is 4. The number of nitrogens with zero attached hydrogens (tertiary/aromatic N) is 2. The van der Waals surface area contributed by atoms with Crippen LogP contribution in [0.3, 0.4) is 0 Å². The van der Waals surface area contributed by atoms with Crippen LogP contribution in [0.15, 0.2) is 40.5 Å². The summed E-state index contributed by atoms with van der Waals surface area (Å²) >= 11 is 1.59. The van der Waals surface area contributed by atoms with Gasteiger partial charge in [-0.05, 0) is 12.1 Å². The molecule has 4 heteroatoms. The average Bonchev–Trinajstić information content (AvgIpc) is 2.16. The van der Waals surface area contributed by atoms with Crippen LogP contribution in [0.25, 0.3) is 0 Å². The summed E-state index contributed by atoms with van der Waals surface area (Å²) in [6.45, 7) is 0. The Balaban J connectivity index is 2.38. The van der Waals surface area contributed by atoms with E-state index in [0.717, 1.165) is 4.90 Å². The molecule has 0 aliphatic carbocycles. The van der Waals surface area contributed by atoms with Crippen LogP contribution in [0.2, 0.25) is 0 Å². The van der Waals surface area contributed by atoms with Gasteiger partial charge in [-0.1, -0.05) is 18.2 Å². The molecule has 0 saturated heterocycles. The van der Waals surface area contributed by atoms with Gasteiger partial charge in [0.25, 0.3) is 0 Å². The monoisotopic (exact) mass is 182 g/mol. The van der Waals surface area contributed by atoms with Gasteiger partial charge in [0.1, 0.15) is 0 Å². The second-order valence-electron chi connectivity index (χ2n) is 2.33. The highest BCUT2D eigenvalue weighted by atomic mass is 32.2. The van der Waals surface area contributed by atoms with Crippen LogP contribution in [0.5, 0.6) is 0 Å². The molecule has 1 rings (SSSR count). The third-order valence-corrected chi connectivity index (χ3v) is 2.41. The minimum atomic E-state index is 0.591. The maximum Gasteiger partial charge on any atom is 0.0889 e. The molecule has 0 N–H and O–H groups in total. The maximum atomic E-state index is 9.99. The number of benzene rings is 1. The van der Waals surface area contributed by atoms with E-state index in [4.69, 9.17) is 0 Å². The van der Waals surface area contributed by atoms with E-state index in [1.54, 1.807) is 18.8 Å². The molecule has 0 atom stereocenters. The second kappa shape index (κ2) is 4.77. The van der Waals surface area contributed by atoms with Crippen molar-refractivity contribution < 1.29 is 0 Å². The lowest BCUT2D eigenvalue weighted by molar-refractivity contribution is 0.414. The fourth-order valence-corrected chi connectivity index (χ4v) is 1.44. The van der Waals surface area contributed by atoms with Crippen molar-refractivity contribution in [1.82, 2.24) is 5.01 Å². The van der Waals surface area contributed by atoms with Crippen molar-refractivity contribution >= 4 is 11.8 Å². The number of nitroso groups, excluding NO2 is 1. The lowest BCUT2D eigenvalue weighted by atomic mass is 10.4. The van der Waals surface area contributed by atoms with Crippen LogP contribution in [0, 0.1) is 4.91 Å². The van der Waals surface area contributed by atoms with Crippen molar-refractivity contribution in [3.8, 4) is 0 Å². The molecule has 12 heavy (non-hydrogen) atoms. The van der Waals surface area contributed by atoms with E-state index < -0.39 is 0 Å². The van der Waals surface area contributed by atoms with Crippen LogP contribution in [0.1, 0.15) is 0 Å². The molecule has 0 unspecified atom stereocenters. The predicted octanol–water partition coefficient (Wildman–Crippen LogP) is 2.35. The highest BCUT2D eigenvalue weighted by Gasteiger charge is 1.95. The summed E-state index contributed by atoms with van der Waals surface area (Å²) in [5.74, 6) is 0.591. The number of hydrogen-bond donors (Lipinski definition) is 0. The molecular weight excluding hydrogens is 172 g/mol. The Hall–Kier alpha value is -1.03. The summed E-state index contributed by atoms with van der Waals surface area (Å²) in [5.41, 5.74) is 0. The van der Waals surface area contributed by atoms with Gasteiger partial charge in [0.2, 0.25) is 0 Å². The molecule has 0 aliphatic heterocycles. The molecular formula is C8H10N2OS. The summed E-state index contributed by atoms with van der Waals surface area (Å²) in [6, 6.07) is 9.91.